The molecule has 0 radical (unpaired) electrons. The highest BCUT2D eigenvalue weighted by atomic mass is 28.4. The summed E-state index contributed by atoms with van der Waals surface area (Å²) in [7, 11) is -0.587. The molecule has 1 aromatic rings. The molecule has 31 heavy (non-hydrogen) atoms. The number of esters is 1. The van der Waals surface area contributed by atoms with Gasteiger partial charge < -0.3 is 19.2 Å². The molecular formula is C24H39NO5Si. The van der Waals surface area contributed by atoms with Crippen molar-refractivity contribution in [2.24, 2.45) is 5.92 Å². The molecule has 1 aliphatic carbocycles. The fraction of sp³-hybridized carbons (Fsp3) is 0.667. The summed E-state index contributed by atoms with van der Waals surface area (Å²) in [5, 5.41) is 2.84. The topological polar surface area (TPSA) is 73.9 Å². The van der Waals surface area contributed by atoms with Crippen molar-refractivity contribution in [3.8, 4) is 0 Å². The van der Waals surface area contributed by atoms with Gasteiger partial charge in [0, 0.05) is 6.10 Å². The van der Waals surface area contributed by atoms with Crippen molar-refractivity contribution in [1.82, 2.24) is 5.32 Å². The van der Waals surface area contributed by atoms with E-state index in [1.165, 1.54) is 7.11 Å². The van der Waals surface area contributed by atoms with E-state index in [4.69, 9.17) is 13.9 Å². The van der Waals surface area contributed by atoms with Gasteiger partial charge in [0.1, 0.15) is 12.6 Å². The SMILES string of the molecule is COC(=O)C(C[C@@H]1CCCC[C@@H]1O[Si](C)(C)C(C)(C)C)NC(=O)OCc1ccccc1. The minimum Gasteiger partial charge on any atom is -0.467 e. The van der Waals surface area contributed by atoms with Crippen LogP contribution in [0, 0.1) is 5.92 Å². The third kappa shape index (κ3) is 7.65. The fourth-order valence-electron chi connectivity index (χ4n) is 3.72. The van der Waals surface area contributed by atoms with Gasteiger partial charge in [-0.1, -0.05) is 63.9 Å². The monoisotopic (exact) mass is 449 g/mol. The molecule has 0 spiro atoms. The molecule has 1 amide bonds. The standard InChI is InChI=1S/C24H39NO5Si/c1-24(2,3)31(5,6)30-21-15-11-10-14-19(21)16-20(22(26)28-4)25-23(27)29-17-18-12-8-7-9-13-18/h7-9,12-13,19-21H,10-11,14-17H2,1-6H3,(H,25,27)/t19-,20?,21-/m0/s1. The summed E-state index contributed by atoms with van der Waals surface area (Å²) in [4.78, 5) is 24.8. The molecule has 0 heterocycles. The summed E-state index contributed by atoms with van der Waals surface area (Å²) in [5.74, 6) is -0.255. The first kappa shape index (κ1) is 25.4. The largest absolute Gasteiger partial charge is 0.467 e. The predicted octanol–water partition coefficient (Wildman–Crippen LogP) is 5.43. The number of ether oxygens (including phenoxy) is 2. The van der Waals surface area contributed by atoms with Crippen LogP contribution < -0.4 is 5.32 Å². The van der Waals surface area contributed by atoms with Crippen LogP contribution in [0.25, 0.3) is 0 Å². The van der Waals surface area contributed by atoms with Crippen molar-refractivity contribution >= 4 is 20.4 Å². The lowest BCUT2D eigenvalue weighted by Gasteiger charge is -2.43. The summed E-state index contributed by atoms with van der Waals surface area (Å²) in [6.45, 7) is 11.4. The Hall–Kier alpha value is -1.86. The maximum Gasteiger partial charge on any atom is 0.408 e. The van der Waals surface area contributed by atoms with Gasteiger partial charge in [-0.2, -0.15) is 0 Å². The molecule has 0 saturated heterocycles. The van der Waals surface area contributed by atoms with E-state index in [-0.39, 0.29) is 23.7 Å². The Morgan fingerprint density at radius 3 is 2.39 bits per heavy atom. The molecule has 1 aromatic carbocycles. The molecule has 1 saturated carbocycles. The van der Waals surface area contributed by atoms with Crippen LogP contribution in [-0.4, -0.2) is 39.6 Å². The smallest absolute Gasteiger partial charge is 0.408 e. The third-order valence-electron chi connectivity index (χ3n) is 6.62. The third-order valence-corrected chi connectivity index (χ3v) is 11.1. The number of hydrogen-bond donors (Lipinski definition) is 1. The molecule has 1 unspecified atom stereocenters. The van der Waals surface area contributed by atoms with Crippen molar-refractivity contribution < 1.29 is 23.5 Å². The number of carbonyl (C=O) groups is 2. The first-order valence-electron chi connectivity index (χ1n) is 11.3. The van der Waals surface area contributed by atoms with E-state index in [1.54, 1.807) is 0 Å². The zero-order valence-electron chi connectivity index (χ0n) is 19.9. The van der Waals surface area contributed by atoms with E-state index in [2.05, 4.69) is 39.2 Å². The quantitative estimate of drug-likeness (QED) is 0.423. The number of benzene rings is 1. The van der Waals surface area contributed by atoms with Gasteiger partial charge in [-0.15, -0.1) is 0 Å². The Kier molecular flexibility index (Phi) is 9.12. The number of methoxy groups -OCH3 is 1. The minimum atomic E-state index is -1.93. The van der Waals surface area contributed by atoms with E-state index in [0.29, 0.717) is 6.42 Å². The molecule has 3 atom stereocenters. The van der Waals surface area contributed by atoms with Crippen LogP contribution in [0.3, 0.4) is 0 Å². The van der Waals surface area contributed by atoms with Crippen molar-refractivity contribution in [3.05, 3.63) is 35.9 Å². The Labute approximate surface area is 188 Å². The van der Waals surface area contributed by atoms with Gasteiger partial charge in [-0.25, -0.2) is 9.59 Å². The van der Waals surface area contributed by atoms with Gasteiger partial charge in [-0.3, -0.25) is 0 Å². The average Bonchev–Trinajstić information content (AvgIpc) is 2.72. The van der Waals surface area contributed by atoms with Crippen LogP contribution in [0.4, 0.5) is 4.79 Å². The molecule has 6 nitrogen and oxygen atoms in total. The predicted molar refractivity (Wildman–Crippen MR) is 124 cm³/mol. The lowest BCUT2D eigenvalue weighted by Crippen LogP contribution is -2.49. The Bertz CT molecular complexity index is 716. The maximum atomic E-state index is 12.4. The molecule has 1 N–H and O–H groups in total. The van der Waals surface area contributed by atoms with Crippen molar-refractivity contribution in [3.63, 3.8) is 0 Å². The van der Waals surface area contributed by atoms with Crippen LogP contribution in [0.1, 0.15) is 58.4 Å². The zero-order valence-corrected chi connectivity index (χ0v) is 20.9. The number of carbonyl (C=O) groups excluding carboxylic acids is 2. The van der Waals surface area contributed by atoms with E-state index in [0.717, 1.165) is 31.2 Å². The molecule has 2 rings (SSSR count). The Balaban J connectivity index is 2.02. The number of nitrogens with one attached hydrogen (secondary N) is 1. The lowest BCUT2D eigenvalue weighted by molar-refractivity contribution is -0.143. The van der Waals surface area contributed by atoms with Gasteiger partial charge in [0.25, 0.3) is 0 Å². The molecule has 0 aromatic heterocycles. The highest BCUT2D eigenvalue weighted by Crippen LogP contribution is 2.41. The molecule has 0 aliphatic heterocycles. The summed E-state index contributed by atoms with van der Waals surface area (Å²) in [6, 6.07) is 8.70. The highest BCUT2D eigenvalue weighted by molar-refractivity contribution is 6.74. The van der Waals surface area contributed by atoms with Crippen molar-refractivity contribution in [2.75, 3.05) is 7.11 Å². The summed E-state index contributed by atoms with van der Waals surface area (Å²) in [6.07, 6.45) is 4.18. The summed E-state index contributed by atoms with van der Waals surface area (Å²) < 4.78 is 17.0. The van der Waals surface area contributed by atoms with Crippen LogP contribution >= 0.6 is 0 Å². The normalized spacial score (nSPS) is 20.6. The van der Waals surface area contributed by atoms with Gasteiger partial charge >= 0.3 is 12.1 Å². The van der Waals surface area contributed by atoms with Crippen LogP contribution in [0.15, 0.2) is 30.3 Å². The number of amides is 1. The molecule has 1 fully saturated rings. The highest BCUT2D eigenvalue weighted by Gasteiger charge is 2.42. The molecular weight excluding hydrogens is 410 g/mol. The summed E-state index contributed by atoms with van der Waals surface area (Å²) in [5.41, 5.74) is 0.891. The van der Waals surface area contributed by atoms with Crippen LogP contribution in [0.2, 0.25) is 18.1 Å². The van der Waals surface area contributed by atoms with Crippen LogP contribution in [0.5, 0.6) is 0 Å². The van der Waals surface area contributed by atoms with E-state index < -0.39 is 26.4 Å². The summed E-state index contributed by atoms with van der Waals surface area (Å²) >= 11 is 0. The Morgan fingerprint density at radius 2 is 1.77 bits per heavy atom. The first-order chi connectivity index (χ1) is 14.5. The second kappa shape index (κ2) is 11.1. The minimum absolute atomic E-state index is 0.101. The average molecular weight is 450 g/mol. The molecule has 7 heteroatoms. The number of alkyl carbamates (subject to hydrolysis) is 1. The van der Waals surface area contributed by atoms with Gasteiger partial charge in [0.05, 0.1) is 7.11 Å². The number of rotatable bonds is 8. The lowest BCUT2D eigenvalue weighted by atomic mass is 9.82. The maximum absolute atomic E-state index is 12.4. The van der Waals surface area contributed by atoms with Gasteiger partial charge in [0.15, 0.2) is 8.32 Å². The Morgan fingerprint density at radius 1 is 1.13 bits per heavy atom. The number of hydrogen-bond acceptors (Lipinski definition) is 5. The van der Waals surface area contributed by atoms with Crippen molar-refractivity contribution in [2.45, 2.75) is 89.8 Å². The fourth-order valence-corrected chi connectivity index (χ4v) is 5.14. The second-order valence-corrected chi connectivity index (χ2v) is 14.7. The molecule has 0 bridgehead atoms. The molecule has 1 aliphatic rings. The van der Waals surface area contributed by atoms with E-state index in [1.807, 2.05) is 30.3 Å². The van der Waals surface area contributed by atoms with Gasteiger partial charge in [0.2, 0.25) is 0 Å². The van der Waals surface area contributed by atoms with Gasteiger partial charge in [-0.05, 0) is 48.9 Å². The van der Waals surface area contributed by atoms with Crippen molar-refractivity contribution in [1.29, 1.82) is 0 Å². The van der Waals surface area contributed by atoms with E-state index in [9.17, 15) is 9.59 Å². The first-order valence-corrected chi connectivity index (χ1v) is 14.2. The second-order valence-electron chi connectivity index (χ2n) is 9.98. The zero-order chi connectivity index (χ0) is 23.1. The van der Waals surface area contributed by atoms with E-state index >= 15 is 0 Å². The van der Waals surface area contributed by atoms with Crippen LogP contribution in [-0.2, 0) is 25.3 Å². The molecule has 174 valence electrons.